The number of carbonyl (C=O) groups is 1. The number of rotatable bonds is 8. The highest BCUT2D eigenvalue weighted by Crippen LogP contribution is 2.22. The van der Waals surface area contributed by atoms with Crippen molar-refractivity contribution in [2.45, 2.75) is 31.1 Å². The fourth-order valence-electron chi connectivity index (χ4n) is 3.26. The van der Waals surface area contributed by atoms with Crippen molar-refractivity contribution in [3.8, 4) is 5.75 Å². The lowest BCUT2D eigenvalue weighted by molar-refractivity contribution is 0.0917. The van der Waals surface area contributed by atoms with Crippen molar-refractivity contribution in [1.29, 1.82) is 0 Å². The third-order valence-electron chi connectivity index (χ3n) is 4.97. The van der Waals surface area contributed by atoms with Gasteiger partial charge in [0.25, 0.3) is 15.9 Å². The SMILES string of the molecule is O=C(NCc1ccc(OCc2cccnc2)cc1)c1ccc(S(=O)(=O)N2CCCC2)o1. The molecule has 0 saturated carbocycles. The fourth-order valence-corrected chi connectivity index (χ4v) is 4.69. The summed E-state index contributed by atoms with van der Waals surface area (Å²) in [4.78, 5) is 16.4. The summed E-state index contributed by atoms with van der Waals surface area (Å²) in [5, 5.41) is 2.54. The lowest BCUT2D eigenvalue weighted by Gasteiger charge is -2.12. The van der Waals surface area contributed by atoms with E-state index >= 15 is 0 Å². The van der Waals surface area contributed by atoms with Gasteiger partial charge in [0.2, 0.25) is 5.09 Å². The Bertz CT molecular complexity index is 1120. The lowest BCUT2D eigenvalue weighted by Crippen LogP contribution is -2.27. The van der Waals surface area contributed by atoms with Crippen LogP contribution in [0.3, 0.4) is 0 Å². The molecule has 0 atom stereocenters. The van der Waals surface area contributed by atoms with E-state index in [9.17, 15) is 13.2 Å². The number of ether oxygens (including phenoxy) is 1. The molecule has 1 amide bonds. The van der Waals surface area contributed by atoms with Crippen LogP contribution in [0.1, 0.15) is 34.5 Å². The van der Waals surface area contributed by atoms with E-state index in [2.05, 4.69) is 10.3 Å². The minimum Gasteiger partial charge on any atom is -0.489 e. The van der Waals surface area contributed by atoms with Crippen molar-refractivity contribution < 1.29 is 22.4 Å². The van der Waals surface area contributed by atoms with Crippen molar-refractivity contribution in [2.24, 2.45) is 0 Å². The molecule has 1 fully saturated rings. The molecule has 0 unspecified atom stereocenters. The molecule has 1 aromatic carbocycles. The summed E-state index contributed by atoms with van der Waals surface area (Å²) in [7, 11) is -3.68. The van der Waals surface area contributed by atoms with Crippen LogP contribution in [0, 0.1) is 0 Å². The van der Waals surface area contributed by atoms with E-state index in [1.165, 1.54) is 16.4 Å². The third-order valence-corrected chi connectivity index (χ3v) is 6.74. The van der Waals surface area contributed by atoms with Gasteiger partial charge in [-0.25, -0.2) is 8.42 Å². The summed E-state index contributed by atoms with van der Waals surface area (Å²) >= 11 is 0. The molecule has 1 aliphatic heterocycles. The number of carbonyl (C=O) groups excluding carboxylic acids is 1. The predicted molar refractivity (Wildman–Crippen MR) is 113 cm³/mol. The maximum Gasteiger partial charge on any atom is 0.287 e. The smallest absolute Gasteiger partial charge is 0.287 e. The van der Waals surface area contributed by atoms with Gasteiger partial charge in [0, 0.05) is 37.6 Å². The number of sulfonamides is 1. The first-order valence-electron chi connectivity index (χ1n) is 10.0. The Morgan fingerprint density at radius 3 is 2.55 bits per heavy atom. The number of amides is 1. The molecular weight excluding hydrogens is 418 g/mol. The molecule has 2 aromatic heterocycles. The maximum absolute atomic E-state index is 12.5. The second-order valence-electron chi connectivity index (χ2n) is 7.21. The Kier molecular flexibility index (Phi) is 6.34. The third kappa shape index (κ3) is 5.12. The number of nitrogens with zero attached hydrogens (tertiary/aromatic N) is 2. The lowest BCUT2D eigenvalue weighted by atomic mass is 10.2. The second kappa shape index (κ2) is 9.32. The summed E-state index contributed by atoms with van der Waals surface area (Å²) in [5.41, 5.74) is 1.85. The van der Waals surface area contributed by atoms with E-state index in [-0.39, 0.29) is 17.4 Å². The number of hydrogen-bond donors (Lipinski definition) is 1. The fraction of sp³-hybridized carbons (Fsp3) is 0.273. The Hall–Kier alpha value is -3.17. The van der Waals surface area contributed by atoms with Crippen LogP contribution < -0.4 is 10.1 Å². The van der Waals surface area contributed by atoms with Gasteiger partial charge in [-0.1, -0.05) is 18.2 Å². The van der Waals surface area contributed by atoms with Gasteiger partial charge in [-0.3, -0.25) is 9.78 Å². The predicted octanol–water partition coefficient (Wildman–Crippen LogP) is 2.97. The minimum absolute atomic E-state index is 0.0332. The summed E-state index contributed by atoms with van der Waals surface area (Å²) in [5.74, 6) is 0.204. The van der Waals surface area contributed by atoms with Gasteiger partial charge in [-0.05, 0) is 48.7 Å². The molecule has 162 valence electrons. The zero-order chi connectivity index (χ0) is 21.7. The first-order chi connectivity index (χ1) is 15.0. The molecule has 3 aromatic rings. The summed E-state index contributed by atoms with van der Waals surface area (Å²) < 4.78 is 37.5. The van der Waals surface area contributed by atoms with Crippen molar-refractivity contribution in [3.63, 3.8) is 0 Å². The molecule has 9 heteroatoms. The molecule has 8 nitrogen and oxygen atoms in total. The van der Waals surface area contributed by atoms with Crippen LogP contribution in [0.2, 0.25) is 0 Å². The molecular formula is C22H23N3O5S. The molecule has 0 spiro atoms. The van der Waals surface area contributed by atoms with Crippen LogP contribution in [0.25, 0.3) is 0 Å². The average molecular weight is 442 g/mol. The zero-order valence-corrected chi connectivity index (χ0v) is 17.7. The largest absolute Gasteiger partial charge is 0.489 e. The number of furan rings is 1. The van der Waals surface area contributed by atoms with Gasteiger partial charge < -0.3 is 14.5 Å². The van der Waals surface area contributed by atoms with Crippen LogP contribution in [-0.2, 0) is 23.2 Å². The average Bonchev–Trinajstić information content (AvgIpc) is 3.51. The van der Waals surface area contributed by atoms with E-state index in [4.69, 9.17) is 9.15 Å². The highest BCUT2D eigenvalue weighted by atomic mass is 32.2. The van der Waals surface area contributed by atoms with Gasteiger partial charge in [-0.15, -0.1) is 0 Å². The topological polar surface area (TPSA) is 102 Å². The summed E-state index contributed by atoms with van der Waals surface area (Å²) in [6, 6.07) is 13.9. The van der Waals surface area contributed by atoms with Gasteiger partial charge in [0.1, 0.15) is 12.4 Å². The maximum atomic E-state index is 12.5. The monoisotopic (exact) mass is 441 g/mol. The van der Waals surface area contributed by atoms with Crippen LogP contribution in [0.15, 0.2) is 70.4 Å². The van der Waals surface area contributed by atoms with Crippen LogP contribution >= 0.6 is 0 Å². The molecule has 0 radical (unpaired) electrons. The quantitative estimate of drug-likeness (QED) is 0.577. The Balaban J connectivity index is 1.30. The van der Waals surface area contributed by atoms with Gasteiger partial charge in [-0.2, -0.15) is 4.31 Å². The van der Waals surface area contributed by atoms with E-state index in [0.717, 1.165) is 24.0 Å². The van der Waals surface area contributed by atoms with Crippen molar-refractivity contribution in [1.82, 2.24) is 14.6 Å². The van der Waals surface area contributed by atoms with E-state index in [1.54, 1.807) is 12.4 Å². The van der Waals surface area contributed by atoms with Crippen molar-refractivity contribution >= 4 is 15.9 Å². The van der Waals surface area contributed by atoms with E-state index in [0.29, 0.717) is 25.4 Å². The molecule has 31 heavy (non-hydrogen) atoms. The van der Waals surface area contributed by atoms with Crippen molar-refractivity contribution in [2.75, 3.05) is 13.1 Å². The molecule has 0 bridgehead atoms. The number of hydrogen-bond acceptors (Lipinski definition) is 6. The molecule has 3 heterocycles. The van der Waals surface area contributed by atoms with Crippen LogP contribution in [0.5, 0.6) is 5.75 Å². The normalized spacial score (nSPS) is 14.5. The van der Waals surface area contributed by atoms with Crippen LogP contribution in [0.4, 0.5) is 0 Å². The number of nitrogens with one attached hydrogen (secondary N) is 1. The number of aromatic nitrogens is 1. The van der Waals surface area contributed by atoms with E-state index in [1.807, 2.05) is 36.4 Å². The summed E-state index contributed by atoms with van der Waals surface area (Å²) in [6.45, 7) is 1.65. The molecule has 1 aliphatic rings. The van der Waals surface area contributed by atoms with Gasteiger partial charge in [0.05, 0.1) is 0 Å². The Morgan fingerprint density at radius 2 is 1.84 bits per heavy atom. The molecule has 1 saturated heterocycles. The Morgan fingerprint density at radius 1 is 1.06 bits per heavy atom. The highest BCUT2D eigenvalue weighted by molar-refractivity contribution is 7.89. The molecule has 1 N–H and O–H groups in total. The summed E-state index contributed by atoms with van der Waals surface area (Å²) in [6.07, 6.45) is 5.13. The molecule has 4 rings (SSSR count). The number of benzene rings is 1. The first-order valence-corrected chi connectivity index (χ1v) is 11.5. The first kappa shape index (κ1) is 21.1. The van der Waals surface area contributed by atoms with Crippen LogP contribution in [-0.4, -0.2) is 36.7 Å². The standard InChI is InChI=1S/C22H23N3O5S/c26-22(20-9-10-21(30-20)31(27,28)25-12-1-2-13-25)24-15-17-5-7-19(8-6-17)29-16-18-4-3-11-23-14-18/h3-11,14H,1-2,12-13,15-16H2,(H,24,26). The van der Waals surface area contributed by atoms with E-state index < -0.39 is 15.9 Å². The zero-order valence-electron chi connectivity index (χ0n) is 16.9. The highest BCUT2D eigenvalue weighted by Gasteiger charge is 2.30. The van der Waals surface area contributed by atoms with Crippen molar-refractivity contribution in [3.05, 3.63) is 77.8 Å². The van der Waals surface area contributed by atoms with Gasteiger partial charge >= 0.3 is 0 Å². The second-order valence-corrected chi connectivity index (χ2v) is 9.08. The minimum atomic E-state index is -3.68. The van der Waals surface area contributed by atoms with Gasteiger partial charge in [0.15, 0.2) is 5.76 Å². The Labute approximate surface area is 180 Å². The molecule has 0 aliphatic carbocycles. The number of pyridine rings is 1.